The van der Waals surface area contributed by atoms with Crippen molar-refractivity contribution in [3.8, 4) is 0 Å². The van der Waals surface area contributed by atoms with Crippen molar-refractivity contribution in [1.82, 2.24) is 5.32 Å². The van der Waals surface area contributed by atoms with Crippen LogP contribution in [0.15, 0.2) is 24.3 Å². The van der Waals surface area contributed by atoms with Crippen LogP contribution in [0, 0.1) is 17.3 Å². The fourth-order valence-electron chi connectivity index (χ4n) is 2.90. The largest absolute Gasteiger partial charge is 0.481 e. The van der Waals surface area contributed by atoms with E-state index in [4.69, 9.17) is 10.2 Å². The van der Waals surface area contributed by atoms with E-state index in [-0.39, 0.29) is 18.9 Å². The Hall–Kier alpha value is -2.90. The van der Waals surface area contributed by atoms with Crippen LogP contribution in [0.2, 0.25) is 0 Å². The quantitative estimate of drug-likeness (QED) is 0.585. The van der Waals surface area contributed by atoms with Gasteiger partial charge >= 0.3 is 11.9 Å². The molecule has 0 radical (unpaired) electrons. The summed E-state index contributed by atoms with van der Waals surface area (Å²) in [5, 5.41) is 22.8. The molecule has 2 atom stereocenters. The van der Waals surface area contributed by atoms with E-state index >= 15 is 0 Å². The SMILES string of the molecule is CC1(C)C(C(=O)O)C1C(=O)Nc1ccc(C(=O)NCCC(=O)O)cc1. The van der Waals surface area contributed by atoms with Gasteiger partial charge in [-0.3, -0.25) is 19.2 Å². The van der Waals surface area contributed by atoms with E-state index in [1.54, 1.807) is 13.8 Å². The molecule has 0 spiro atoms. The molecule has 1 fully saturated rings. The van der Waals surface area contributed by atoms with Gasteiger partial charge in [0.2, 0.25) is 5.91 Å². The Morgan fingerprint density at radius 1 is 1.04 bits per heavy atom. The summed E-state index contributed by atoms with van der Waals surface area (Å²) >= 11 is 0. The molecule has 4 N–H and O–H groups in total. The minimum absolute atomic E-state index is 0.0278. The highest BCUT2D eigenvalue weighted by atomic mass is 16.4. The number of hydrogen-bond donors (Lipinski definition) is 4. The van der Waals surface area contributed by atoms with E-state index in [1.807, 2.05) is 0 Å². The number of benzene rings is 1. The van der Waals surface area contributed by atoms with Gasteiger partial charge in [0.15, 0.2) is 0 Å². The summed E-state index contributed by atoms with van der Waals surface area (Å²) in [6, 6.07) is 6.07. The monoisotopic (exact) mass is 348 g/mol. The molecule has 8 nitrogen and oxygen atoms in total. The van der Waals surface area contributed by atoms with E-state index in [9.17, 15) is 19.2 Å². The van der Waals surface area contributed by atoms with Gasteiger partial charge < -0.3 is 20.8 Å². The molecule has 1 aliphatic carbocycles. The zero-order valence-electron chi connectivity index (χ0n) is 13.9. The first kappa shape index (κ1) is 18.4. The zero-order valence-corrected chi connectivity index (χ0v) is 13.9. The highest BCUT2D eigenvalue weighted by molar-refractivity contribution is 6.00. The van der Waals surface area contributed by atoms with E-state index in [0.29, 0.717) is 11.3 Å². The molecular weight excluding hydrogens is 328 g/mol. The lowest BCUT2D eigenvalue weighted by atomic mass is 10.1. The number of aliphatic carboxylic acids is 2. The summed E-state index contributed by atoms with van der Waals surface area (Å²) in [4.78, 5) is 45.6. The third-order valence-electron chi connectivity index (χ3n) is 4.41. The van der Waals surface area contributed by atoms with Crippen molar-refractivity contribution in [3.63, 3.8) is 0 Å². The van der Waals surface area contributed by atoms with Crippen LogP contribution in [-0.2, 0) is 14.4 Å². The number of hydrogen-bond acceptors (Lipinski definition) is 4. The van der Waals surface area contributed by atoms with Gasteiger partial charge in [-0.05, 0) is 29.7 Å². The molecule has 0 saturated heterocycles. The molecule has 0 heterocycles. The van der Waals surface area contributed by atoms with Gasteiger partial charge in [-0.25, -0.2) is 0 Å². The van der Waals surface area contributed by atoms with Crippen LogP contribution in [0.3, 0.4) is 0 Å². The van der Waals surface area contributed by atoms with Crippen LogP contribution in [0.1, 0.15) is 30.6 Å². The highest BCUT2D eigenvalue weighted by Crippen LogP contribution is 2.58. The minimum atomic E-state index is -0.999. The van der Waals surface area contributed by atoms with Gasteiger partial charge in [-0.15, -0.1) is 0 Å². The summed E-state index contributed by atoms with van der Waals surface area (Å²) in [5.74, 6) is -4.06. The molecule has 25 heavy (non-hydrogen) atoms. The highest BCUT2D eigenvalue weighted by Gasteiger charge is 2.65. The fourth-order valence-corrected chi connectivity index (χ4v) is 2.90. The Balaban J connectivity index is 1.92. The van der Waals surface area contributed by atoms with Crippen molar-refractivity contribution in [2.24, 2.45) is 17.3 Å². The topological polar surface area (TPSA) is 133 Å². The van der Waals surface area contributed by atoms with Gasteiger partial charge in [0.1, 0.15) is 0 Å². The number of nitrogens with one attached hydrogen (secondary N) is 2. The molecule has 2 rings (SSSR count). The number of carboxylic acid groups (broad SMARTS) is 2. The van der Waals surface area contributed by atoms with Gasteiger partial charge in [0, 0.05) is 17.8 Å². The maximum atomic E-state index is 12.2. The fraction of sp³-hybridized carbons (Fsp3) is 0.412. The zero-order chi connectivity index (χ0) is 18.8. The van der Waals surface area contributed by atoms with Crippen LogP contribution in [0.5, 0.6) is 0 Å². The molecule has 1 aliphatic rings. The molecule has 2 unspecified atom stereocenters. The molecule has 1 aromatic rings. The Labute approximate surface area is 144 Å². The summed E-state index contributed by atoms with van der Waals surface area (Å²) in [7, 11) is 0. The van der Waals surface area contributed by atoms with Gasteiger partial charge in [0.25, 0.3) is 5.91 Å². The second-order valence-corrected chi connectivity index (χ2v) is 6.58. The maximum absolute atomic E-state index is 12.2. The molecule has 134 valence electrons. The average Bonchev–Trinajstić information content (AvgIpc) is 3.10. The number of carbonyl (C=O) groups is 4. The normalized spacial score (nSPS) is 20.4. The molecule has 2 amide bonds. The lowest BCUT2D eigenvalue weighted by molar-refractivity contribution is -0.140. The van der Waals surface area contributed by atoms with Gasteiger partial charge in [-0.2, -0.15) is 0 Å². The van der Waals surface area contributed by atoms with Crippen molar-refractivity contribution >= 4 is 29.4 Å². The first-order chi connectivity index (χ1) is 11.6. The van der Waals surface area contributed by atoms with Crippen LogP contribution in [0.4, 0.5) is 5.69 Å². The first-order valence-electron chi connectivity index (χ1n) is 7.78. The Morgan fingerprint density at radius 2 is 1.64 bits per heavy atom. The Kier molecular flexibility index (Phi) is 5.10. The first-order valence-corrected chi connectivity index (χ1v) is 7.78. The number of amides is 2. The molecule has 0 aliphatic heterocycles. The second-order valence-electron chi connectivity index (χ2n) is 6.58. The minimum Gasteiger partial charge on any atom is -0.481 e. The second kappa shape index (κ2) is 6.92. The van der Waals surface area contributed by atoms with Gasteiger partial charge in [-0.1, -0.05) is 13.8 Å². The predicted octanol–water partition coefficient (Wildman–Crippen LogP) is 1.19. The molecule has 0 aromatic heterocycles. The molecule has 1 aromatic carbocycles. The van der Waals surface area contributed by atoms with Crippen molar-refractivity contribution in [3.05, 3.63) is 29.8 Å². The molecule has 8 heteroatoms. The molecular formula is C17H20N2O6. The van der Waals surface area contributed by atoms with Crippen molar-refractivity contribution in [1.29, 1.82) is 0 Å². The van der Waals surface area contributed by atoms with E-state index in [0.717, 1.165) is 0 Å². The predicted molar refractivity (Wildman–Crippen MR) is 88.1 cm³/mol. The van der Waals surface area contributed by atoms with Crippen molar-refractivity contribution in [2.45, 2.75) is 20.3 Å². The standard InChI is InChI=1S/C17H20N2O6/c1-17(2)12(13(17)16(24)25)15(23)19-10-5-3-9(4-6-10)14(22)18-8-7-11(20)21/h3-6,12-13H,7-8H2,1-2H3,(H,18,22)(H,19,23)(H,20,21)(H,24,25). The number of carboxylic acids is 2. The van der Waals surface area contributed by atoms with Crippen molar-refractivity contribution in [2.75, 3.05) is 11.9 Å². The average molecular weight is 348 g/mol. The van der Waals surface area contributed by atoms with Gasteiger partial charge in [0.05, 0.1) is 18.3 Å². The summed E-state index contributed by atoms with van der Waals surface area (Å²) in [6.45, 7) is 3.50. The summed E-state index contributed by atoms with van der Waals surface area (Å²) in [6.07, 6.45) is -0.165. The van der Waals surface area contributed by atoms with Crippen LogP contribution in [-0.4, -0.2) is 40.5 Å². The summed E-state index contributed by atoms with van der Waals surface area (Å²) in [5.41, 5.74) is 0.206. The maximum Gasteiger partial charge on any atom is 0.307 e. The van der Waals surface area contributed by atoms with Crippen LogP contribution in [0.25, 0.3) is 0 Å². The molecule has 1 saturated carbocycles. The third kappa shape index (κ3) is 4.14. The third-order valence-corrected chi connectivity index (χ3v) is 4.41. The van der Waals surface area contributed by atoms with E-state index < -0.39 is 35.1 Å². The Bertz CT molecular complexity index is 710. The number of carbonyl (C=O) groups excluding carboxylic acids is 2. The van der Waals surface area contributed by atoms with E-state index in [1.165, 1.54) is 24.3 Å². The van der Waals surface area contributed by atoms with Crippen LogP contribution < -0.4 is 10.6 Å². The lowest BCUT2D eigenvalue weighted by Crippen LogP contribution is -2.26. The van der Waals surface area contributed by atoms with Crippen LogP contribution >= 0.6 is 0 Å². The lowest BCUT2D eigenvalue weighted by Gasteiger charge is -2.08. The Morgan fingerprint density at radius 3 is 2.12 bits per heavy atom. The molecule has 0 bridgehead atoms. The summed E-state index contributed by atoms with van der Waals surface area (Å²) < 4.78 is 0. The van der Waals surface area contributed by atoms with Crippen molar-refractivity contribution < 1.29 is 29.4 Å². The number of anilines is 1. The van der Waals surface area contributed by atoms with E-state index in [2.05, 4.69) is 10.6 Å². The number of rotatable bonds is 7. The smallest absolute Gasteiger partial charge is 0.307 e.